The van der Waals surface area contributed by atoms with Gasteiger partial charge in [-0.3, -0.25) is 4.79 Å². The number of benzene rings is 1. The van der Waals surface area contributed by atoms with Gasteiger partial charge in [0.2, 0.25) is 0 Å². The summed E-state index contributed by atoms with van der Waals surface area (Å²) >= 11 is 5.78. The zero-order valence-electron chi connectivity index (χ0n) is 9.73. The van der Waals surface area contributed by atoms with E-state index in [0.717, 1.165) is 19.3 Å². The van der Waals surface area contributed by atoms with Gasteiger partial charge < -0.3 is 15.2 Å². The lowest BCUT2D eigenvalue weighted by atomic mass is 9.95. The number of hydrogen-bond donors (Lipinski definition) is 2. The Morgan fingerprint density at radius 3 is 2.89 bits per heavy atom. The number of phenolic OH excluding ortho intramolecular Hbond substituents is 1. The highest BCUT2D eigenvalue weighted by molar-refractivity contribution is 6.32. The van der Waals surface area contributed by atoms with Gasteiger partial charge in [-0.1, -0.05) is 11.6 Å². The molecule has 3 unspecified atom stereocenters. The average Bonchev–Trinajstić information content (AvgIpc) is 2.94. The third-order valence-corrected chi connectivity index (χ3v) is 3.94. The zero-order chi connectivity index (χ0) is 12.7. The first-order valence-corrected chi connectivity index (χ1v) is 6.46. The van der Waals surface area contributed by atoms with Gasteiger partial charge in [0, 0.05) is 5.56 Å². The summed E-state index contributed by atoms with van der Waals surface area (Å²) in [7, 11) is 0. The van der Waals surface area contributed by atoms with Crippen molar-refractivity contribution in [1.29, 1.82) is 0 Å². The van der Waals surface area contributed by atoms with Gasteiger partial charge in [0.05, 0.1) is 23.3 Å². The Morgan fingerprint density at radius 2 is 2.28 bits per heavy atom. The summed E-state index contributed by atoms with van der Waals surface area (Å²) in [5.41, 5.74) is 0.459. The van der Waals surface area contributed by atoms with Gasteiger partial charge in [0.15, 0.2) is 0 Å². The molecule has 3 atom stereocenters. The highest BCUT2D eigenvalue weighted by Gasteiger charge is 2.41. The summed E-state index contributed by atoms with van der Waals surface area (Å²) < 4.78 is 5.68. The van der Waals surface area contributed by atoms with Gasteiger partial charge in [-0.2, -0.15) is 0 Å². The summed E-state index contributed by atoms with van der Waals surface area (Å²) in [6.45, 7) is 0. The first-order chi connectivity index (χ1) is 8.63. The average molecular weight is 268 g/mol. The van der Waals surface area contributed by atoms with Crippen LogP contribution in [0.15, 0.2) is 18.2 Å². The molecule has 96 valence electrons. The fraction of sp³-hybridized carbons (Fsp3) is 0.462. The van der Waals surface area contributed by atoms with Crippen LogP contribution in [-0.4, -0.2) is 29.3 Å². The van der Waals surface area contributed by atoms with E-state index in [1.54, 1.807) is 6.07 Å². The van der Waals surface area contributed by atoms with Gasteiger partial charge in [-0.25, -0.2) is 0 Å². The summed E-state index contributed by atoms with van der Waals surface area (Å²) in [6.07, 6.45) is 3.48. The van der Waals surface area contributed by atoms with Crippen molar-refractivity contribution in [3.05, 3.63) is 28.8 Å². The van der Waals surface area contributed by atoms with E-state index in [-0.39, 0.29) is 28.8 Å². The topological polar surface area (TPSA) is 58.6 Å². The molecule has 4 nitrogen and oxygen atoms in total. The van der Waals surface area contributed by atoms with E-state index >= 15 is 0 Å². The Balaban J connectivity index is 1.69. The zero-order valence-corrected chi connectivity index (χ0v) is 10.5. The van der Waals surface area contributed by atoms with Crippen LogP contribution in [0.25, 0.3) is 0 Å². The van der Waals surface area contributed by atoms with Crippen LogP contribution in [0, 0.1) is 0 Å². The molecule has 0 radical (unpaired) electrons. The van der Waals surface area contributed by atoms with Crippen molar-refractivity contribution in [2.24, 2.45) is 0 Å². The van der Waals surface area contributed by atoms with Crippen LogP contribution < -0.4 is 5.32 Å². The van der Waals surface area contributed by atoms with Crippen LogP contribution in [0.2, 0.25) is 5.02 Å². The molecular formula is C13H14ClNO3. The van der Waals surface area contributed by atoms with Crippen LogP contribution in [0.5, 0.6) is 5.75 Å². The first-order valence-electron chi connectivity index (χ1n) is 6.08. The van der Waals surface area contributed by atoms with Crippen LogP contribution in [-0.2, 0) is 4.74 Å². The van der Waals surface area contributed by atoms with E-state index in [9.17, 15) is 9.90 Å². The predicted octanol–water partition coefficient (Wildman–Crippen LogP) is 2.10. The lowest BCUT2D eigenvalue weighted by Crippen LogP contribution is -2.41. The fourth-order valence-electron chi connectivity index (χ4n) is 2.69. The smallest absolute Gasteiger partial charge is 0.251 e. The molecule has 2 N–H and O–H groups in total. The molecule has 3 rings (SSSR count). The molecule has 2 saturated heterocycles. The molecule has 2 heterocycles. The van der Waals surface area contributed by atoms with Gasteiger partial charge in [0.1, 0.15) is 5.75 Å². The van der Waals surface area contributed by atoms with E-state index in [0.29, 0.717) is 11.7 Å². The Labute approximate surface area is 110 Å². The summed E-state index contributed by atoms with van der Waals surface area (Å²) in [4.78, 5) is 12.0. The van der Waals surface area contributed by atoms with E-state index in [4.69, 9.17) is 16.3 Å². The molecule has 0 aliphatic carbocycles. The molecule has 0 aromatic heterocycles. The predicted molar refractivity (Wildman–Crippen MR) is 66.9 cm³/mol. The Kier molecular flexibility index (Phi) is 2.92. The third-order valence-electron chi connectivity index (χ3n) is 3.63. The Hall–Kier alpha value is -1.26. The van der Waals surface area contributed by atoms with E-state index in [1.165, 1.54) is 12.1 Å². The number of phenols is 1. The van der Waals surface area contributed by atoms with Crippen molar-refractivity contribution in [2.45, 2.75) is 37.5 Å². The maximum atomic E-state index is 12.0. The van der Waals surface area contributed by atoms with E-state index in [1.807, 2.05) is 0 Å². The molecule has 2 fully saturated rings. The quantitative estimate of drug-likeness (QED) is 0.863. The number of carbonyl (C=O) groups excluding carboxylic acids is 1. The van der Waals surface area contributed by atoms with Gasteiger partial charge in [0.25, 0.3) is 5.91 Å². The van der Waals surface area contributed by atoms with Crippen molar-refractivity contribution in [1.82, 2.24) is 5.32 Å². The fourth-order valence-corrected chi connectivity index (χ4v) is 2.87. The summed E-state index contributed by atoms with van der Waals surface area (Å²) in [5, 5.41) is 12.5. The highest BCUT2D eigenvalue weighted by atomic mass is 35.5. The third kappa shape index (κ3) is 2.06. The van der Waals surface area contributed by atoms with E-state index in [2.05, 4.69) is 5.32 Å². The second kappa shape index (κ2) is 4.44. The van der Waals surface area contributed by atoms with Crippen molar-refractivity contribution < 1.29 is 14.6 Å². The maximum Gasteiger partial charge on any atom is 0.251 e. The number of amides is 1. The number of nitrogens with one attached hydrogen (secondary N) is 1. The van der Waals surface area contributed by atoms with Gasteiger partial charge in [-0.05, 0) is 37.5 Å². The van der Waals surface area contributed by atoms with Crippen molar-refractivity contribution in [2.75, 3.05) is 0 Å². The Morgan fingerprint density at radius 1 is 1.44 bits per heavy atom. The number of aromatic hydroxyl groups is 1. The molecule has 2 aliphatic heterocycles. The summed E-state index contributed by atoms with van der Waals surface area (Å²) in [6, 6.07) is 4.56. The molecule has 1 aromatic carbocycles. The number of hydrogen-bond acceptors (Lipinski definition) is 3. The van der Waals surface area contributed by atoms with E-state index < -0.39 is 0 Å². The molecule has 1 amide bonds. The standard InChI is InChI=1S/C13H14ClNO3/c14-9-5-7(1-3-11(9)16)13(17)15-10-6-8-2-4-12(10)18-8/h1,3,5,8,10,12,16H,2,4,6H2,(H,15,17). The normalized spacial score (nSPS) is 29.5. The Bertz CT molecular complexity index is 491. The minimum Gasteiger partial charge on any atom is -0.506 e. The second-order valence-corrected chi connectivity index (χ2v) is 5.26. The van der Waals surface area contributed by atoms with Crippen LogP contribution in [0.4, 0.5) is 0 Å². The number of ether oxygens (including phenoxy) is 1. The maximum absolute atomic E-state index is 12.0. The molecule has 2 bridgehead atoms. The lowest BCUT2D eigenvalue weighted by Gasteiger charge is -2.20. The lowest BCUT2D eigenvalue weighted by molar-refractivity contribution is 0.0841. The van der Waals surface area contributed by atoms with Crippen LogP contribution in [0.1, 0.15) is 29.6 Å². The number of rotatable bonds is 2. The minimum absolute atomic E-state index is 0.0172. The van der Waals surface area contributed by atoms with Gasteiger partial charge >= 0.3 is 0 Å². The number of carbonyl (C=O) groups is 1. The monoisotopic (exact) mass is 267 g/mol. The molecule has 5 heteroatoms. The molecule has 0 spiro atoms. The van der Waals surface area contributed by atoms with Crippen molar-refractivity contribution in [3.63, 3.8) is 0 Å². The molecule has 2 aliphatic rings. The van der Waals surface area contributed by atoms with Crippen molar-refractivity contribution >= 4 is 17.5 Å². The second-order valence-electron chi connectivity index (χ2n) is 4.86. The van der Waals surface area contributed by atoms with Crippen molar-refractivity contribution in [3.8, 4) is 5.75 Å². The molecule has 0 saturated carbocycles. The SMILES string of the molecule is O=C(NC1CC2CCC1O2)c1ccc(O)c(Cl)c1. The van der Waals surface area contributed by atoms with Gasteiger partial charge in [-0.15, -0.1) is 0 Å². The highest BCUT2D eigenvalue weighted by Crippen LogP contribution is 2.34. The van der Waals surface area contributed by atoms with Crippen LogP contribution in [0.3, 0.4) is 0 Å². The first kappa shape index (κ1) is 11.8. The van der Waals surface area contributed by atoms with Crippen LogP contribution >= 0.6 is 11.6 Å². The molecule has 1 aromatic rings. The molecule has 18 heavy (non-hydrogen) atoms. The number of fused-ring (bicyclic) bond motifs is 2. The number of halogens is 1. The molecular weight excluding hydrogens is 254 g/mol. The summed E-state index contributed by atoms with van der Waals surface area (Å²) in [5.74, 6) is -0.186. The largest absolute Gasteiger partial charge is 0.506 e. The minimum atomic E-state index is -0.168.